The summed E-state index contributed by atoms with van der Waals surface area (Å²) in [5.41, 5.74) is 0. The molecule has 46 valence electrons. The van der Waals surface area contributed by atoms with Crippen LogP contribution in [0.5, 0.6) is 0 Å². The van der Waals surface area contributed by atoms with Crippen molar-refractivity contribution in [2.24, 2.45) is 0 Å². The molecule has 8 heavy (non-hydrogen) atoms. The molecule has 0 aromatic carbocycles. The zero-order valence-corrected chi connectivity index (χ0v) is 4.26. The van der Waals surface area contributed by atoms with Crippen molar-refractivity contribution in [3.63, 3.8) is 0 Å². The largest absolute Gasteiger partial charge is 0.459 e. The monoisotopic (exact) mass is 117 g/mol. The Morgan fingerprint density at radius 3 is 2.88 bits per heavy atom. The van der Waals surface area contributed by atoms with Gasteiger partial charge in [0.2, 0.25) is 0 Å². The van der Waals surface area contributed by atoms with Crippen molar-refractivity contribution < 1.29 is 14.6 Å². The van der Waals surface area contributed by atoms with Crippen LogP contribution < -0.4 is 0 Å². The SMILES string of the molecule is N=CC(=O)OCCO. The van der Waals surface area contributed by atoms with Crippen LogP contribution in [0, 0.1) is 5.41 Å². The normalized spacial score (nSPS) is 8.12. The fraction of sp³-hybridized carbons (Fsp3) is 0.500. The standard InChI is InChI=1S/C4H7NO3/c5-3-4(7)8-2-1-6/h3,5-6H,1-2H2. The van der Waals surface area contributed by atoms with E-state index in [9.17, 15) is 4.79 Å². The van der Waals surface area contributed by atoms with Gasteiger partial charge in [0.25, 0.3) is 0 Å². The maximum absolute atomic E-state index is 9.99. The molecule has 0 aromatic heterocycles. The number of esters is 1. The highest BCUT2D eigenvalue weighted by molar-refractivity contribution is 6.21. The van der Waals surface area contributed by atoms with E-state index in [4.69, 9.17) is 10.5 Å². The molecule has 0 spiro atoms. The quantitative estimate of drug-likeness (QED) is 0.374. The Morgan fingerprint density at radius 1 is 1.88 bits per heavy atom. The van der Waals surface area contributed by atoms with Crippen LogP contribution in [0.1, 0.15) is 0 Å². The first-order valence-corrected chi connectivity index (χ1v) is 2.09. The molecular weight excluding hydrogens is 110 g/mol. The molecular formula is C4H7NO3. The summed E-state index contributed by atoms with van der Waals surface area (Å²) in [4.78, 5) is 9.99. The van der Waals surface area contributed by atoms with E-state index in [0.717, 1.165) is 0 Å². The van der Waals surface area contributed by atoms with Gasteiger partial charge in [-0.3, -0.25) is 0 Å². The second-order valence-corrected chi connectivity index (χ2v) is 1.04. The topological polar surface area (TPSA) is 70.4 Å². The molecule has 0 saturated carbocycles. The minimum atomic E-state index is -0.723. The lowest BCUT2D eigenvalue weighted by Crippen LogP contribution is -2.08. The van der Waals surface area contributed by atoms with Gasteiger partial charge in [-0.25, -0.2) is 4.79 Å². The predicted molar refractivity (Wildman–Crippen MR) is 26.8 cm³/mol. The minimum absolute atomic E-state index is 0.0335. The third kappa shape index (κ3) is 3.30. The van der Waals surface area contributed by atoms with Crippen molar-refractivity contribution in [3.8, 4) is 0 Å². The molecule has 0 aliphatic heterocycles. The lowest BCUT2D eigenvalue weighted by molar-refractivity contribution is -0.136. The number of carbonyl (C=O) groups is 1. The number of rotatable bonds is 3. The van der Waals surface area contributed by atoms with E-state index in [-0.39, 0.29) is 13.2 Å². The molecule has 0 fully saturated rings. The number of carbonyl (C=O) groups excluding carboxylic acids is 1. The first-order valence-electron chi connectivity index (χ1n) is 2.09. The number of hydrogen-bond donors (Lipinski definition) is 2. The van der Waals surface area contributed by atoms with Crippen LogP contribution >= 0.6 is 0 Å². The summed E-state index contributed by atoms with van der Waals surface area (Å²) in [6.45, 7) is -0.228. The Labute approximate surface area is 46.6 Å². The summed E-state index contributed by atoms with van der Waals surface area (Å²) >= 11 is 0. The predicted octanol–water partition coefficient (Wildman–Crippen LogP) is -0.829. The third-order valence-electron chi connectivity index (χ3n) is 0.453. The van der Waals surface area contributed by atoms with Crippen LogP contribution in [0.3, 0.4) is 0 Å². The fourth-order valence-corrected chi connectivity index (χ4v) is 0.188. The van der Waals surface area contributed by atoms with Gasteiger partial charge in [0.15, 0.2) is 0 Å². The molecule has 0 saturated heterocycles. The highest BCUT2D eigenvalue weighted by atomic mass is 16.5. The molecule has 0 rings (SSSR count). The highest BCUT2D eigenvalue weighted by Crippen LogP contribution is 1.70. The van der Waals surface area contributed by atoms with Gasteiger partial charge < -0.3 is 15.3 Å². The minimum Gasteiger partial charge on any atom is -0.459 e. The zero-order valence-electron chi connectivity index (χ0n) is 4.26. The number of aliphatic hydroxyl groups is 1. The Hall–Kier alpha value is -0.900. The smallest absolute Gasteiger partial charge is 0.348 e. The molecule has 0 aromatic rings. The average Bonchev–Trinajstić information content (AvgIpc) is 1.83. The lowest BCUT2D eigenvalue weighted by atomic mass is 10.7. The molecule has 0 atom stereocenters. The summed E-state index contributed by atoms with van der Waals surface area (Å²) in [7, 11) is 0. The summed E-state index contributed by atoms with van der Waals surface area (Å²) in [5, 5.41) is 14.4. The second kappa shape index (κ2) is 4.26. The van der Waals surface area contributed by atoms with E-state index in [1.54, 1.807) is 0 Å². The van der Waals surface area contributed by atoms with Gasteiger partial charge >= 0.3 is 5.97 Å². The molecule has 4 nitrogen and oxygen atoms in total. The Kier molecular flexibility index (Phi) is 3.78. The van der Waals surface area contributed by atoms with Crippen molar-refractivity contribution in [1.29, 1.82) is 5.41 Å². The zero-order chi connectivity index (χ0) is 6.41. The summed E-state index contributed by atoms with van der Waals surface area (Å²) in [6, 6.07) is 0. The first-order chi connectivity index (χ1) is 3.81. The molecule has 4 heteroatoms. The van der Waals surface area contributed by atoms with E-state index in [0.29, 0.717) is 6.21 Å². The van der Waals surface area contributed by atoms with E-state index < -0.39 is 5.97 Å². The molecule has 0 bridgehead atoms. The maximum Gasteiger partial charge on any atom is 0.348 e. The summed E-state index contributed by atoms with van der Waals surface area (Å²) in [6.07, 6.45) is 0.551. The Bertz CT molecular complexity index is 91.3. The second-order valence-electron chi connectivity index (χ2n) is 1.04. The van der Waals surface area contributed by atoms with Gasteiger partial charge in [-0.2, -0.15) is 0 Å². The summed E-state index contributed by atoms with van der Waals surface area (Å²) in [5.74, 6) is -0.723. The van der Waals surface area contributed by atoms with Gasteiger partial charge in [-0.15, -0.1) is 0 Å². The van der Waals surface area contributed by atoms with Gasteiger partial charge in [0.05, 0.1) is 6.61 Å². The van der Waals surface area contributed by atoms with Gasteiger partial charge in [0.1, 0.15) is 12.8 Å². The molecule has 0 amide bonds. The van der Waals surface area contributed by atoms with Crippen LogP contribution in [0.4, 0.5) is 0 Å². The highest BCUT2D eigenvalue weighted by Gasteiger charge is 1.91. The van der Waals surface area contributed by atoms with Crippen LogP contribution in [0.15, 0.2) is 0 Å². The molecule has 2 N–H and O–H groups in total. The van der Waals surface area contributed by atoms with Crippen molar-refractivity contribution in [1.82, 2.24) is 0 Å². The molecule has 0 heterocycles. The molecule has 0 aliphatic rings. The van der Waals surface area contributed by atoms with E-state index in [1.807, 2.05) is 0 Å². The van der Waals surface area contributed by atoms with Crippen molar-refractivity contribution in [3.05, 3.63) is 0 Å². The van der Waals surface area contributed by atoms with Crippen molar-refractivity contribution in [2.75, 3.05) is 13.2 Å². The first kappa shape index (κ1) is 7.10. The Balaban J connectivity index is 3.11. The van der Waals surface area contributed by atoms with Crippen LogP contribution in [-0.4, -0.2) is 30.5 Å². The number of aliphatic hydroxyl groups excluding tert-OH is 1. The molecule has 0 unspecified atom stereocenters. The van der Waals surface area contributed by atoms with Gasteiger partial charge in [0, 0.05) is 0 Å². The number of ether oxygens (including phenoxy) is 1. The van der Waals surface area contributed by atoms with Crippen LogP contribution in [0.25, 0.3) is 0 Å². The van der Waals surface area contributed by atoms with Gasteiger partial charge in [-0.1, -0.05) is 0 Å². The Morgan fingerprint density at radius 2 is 2.50 bits per heavy atom. The van der Waals surface area contributed by atoms with Crippen LogP contribution in [0.2, 0.25) is 0 Å². The summed E-state index contributed by atoms with van der Waals surface area (Å²) < 4.78 is 4.21. The van der Waals surface area contributed by atoms with E-state index in [2.05, 4.69) is 4.74 Å². The van der Waals surface area contributed by atoms with E-state index >= 15 is 0 Å². The lowest BCUT2D eigenvalue weighted by Gasteiger charge is -1.93. The van der Waals surface area contributed by atoms with Crippen LogP contribution in [-0.2, 0) is 9.53 Å². The fourth-order valence-electron chi connectivity index (χ4n) is 0.188. The average molecular weight is 117 g/mol. The van der Waals surface area contributed by atoms with Crippen molar-refractivity contribution >= 4 is 12.2 Å². The van der Waals surface area contributed by atoms with Gasteiger partial charge in [-0.05, 0) is 0 Å². The maximum atomic E-state index is 9.99. The number of nitrogens with one attached hydrogen (secondary N) is 1. The molecule has 0 aliphatic carbocycles. The number of hydrogen-bond acceptors (Lipinski definition) is 4. The van der Waals surface area contributed by atoms with Crippen molar-refractivity contribution in [2.45, 2.75) is 0 Å². The third-order valence-corrected chi connectivity index (χ3v) is 0.453. The molecule has 0 radical (unpaired) electrons. The van der Waals surface area contributed by atoms with E-state index in [1.165, 1.54) is 0 Å².